The van der Waals surface area contributed by atoms with Crippen molar-refractivity contribution in [1.29, 1.82) is 0 Å². The number of amides is 2. The number of halogens is 1. The number of anilines is 1. The summed E-state index contributed by atoms with van der Waals surface area (Å²) in [6, 6.07) is 11.3. The lowest BCUT2D eigenvalue weighted by Crippen LogP contribution is -2.39. The van der Waals surface area contributed by atoms with Crippen LogP contribution in [0.15, 0.2) is 56.8 Å². The summed E-state index contributed by atoms with van der Waals surface area (Å²) in [5.74, 6) is 0. The predicted octanol–water partition coefficient (Wildman–Crippen LogP) is 1.72. The summed E-state index contributed by atoms with van der Waals surface area (Å²) in [5.41, 5.74) is -0.161. The topological polar surface area (TPSA) is 141 Å². The predicted molar refractivity (Wildman–Crippen MR) is 131 cm³/mol. The van der Waals surface area contributed by atoms with E-state index in [9.17, 15) is 19.2 Å². The molecule has 3 heterocycles. The second-order valence-electron chi connectivity index (χ2n) is 8.21. The molecule has 34 heavy (non-hydrogen) atoms. The van der Waals surface area contributed by atoms with Crippen LogP contribution in [0.4, 0.5) is 10.5 Å². The van der Waals surface area contributed by atoms with Crippen molar-refractivity contribution in [1.82, 2.24) is 25.4 Å². The van der Waals surface area contributed by atoms with Crippen LogP contribution < -0.4 is 32.5 Å². The maximum absolute atomic E-state index is 13.1. The number of rotatable bonds is 4. The van der Waals surface area contributed by atoms with Crippen molar-refractivity contribution < 1.29 is 4.79 Å². The van der Waals surface area contributed by atoms with E-state index in [0.29, 0.717) is 21.8 Å². The van der Waals surface area contributed by atoms with E-state index in [2.05, 4.69) is 26.0 Å². The molecule has 2 aromatic heterocycles. The molecule has 1 fully saturated rings. The van der Waals surface area contributed by atoms with Crippen LogP contribution >= 0.6 is 11.6 Å². The third kappa shape index (κ3) is 4.20. The Bertz CT molecular complexity index is 1580. The van der Waals surface area contributed by atoms with Crippen LogP contribution in [-0.4, -0.2) is 39.9 Å². The number of hydrogen-bond donors (Lipinski definition) is 5. The second-order valence-corrected chi connectivity index (χ2v) is 8.65. The zero-order valence-corrected chi connectivity index (χ0v) is 18.7. The van der Waals surface area contributed by atoms with Crippen LogP contribution in [-0.2, 0) is 6.54 Å². The third-order valence-electron chi connectivity index (χ3n) is 5.83. The van der Waals surface area contributed by atoms with E-state index in [1.165, 1.54) is 12.1 Å². The lowest BCUT2D eigenvalue weighted by molar-refractivity contribution is 0.249. The Morgan fingerprint density at radius 2 is 1.91 bits per heavy atom. The third-order valence-corrected chi connectivity index (χ3v) is 6.07. The minimum Gasteiger partial charge on any atom is -0.350 e. The monoisotopic (exact) mass is 480 g/mol. The molecule has 1 aliphatic heterocycles. The smallest absolute Gasteiger partial charge is 0.319 e. The molecule has 0 spiro atoms. The summed E-state index contributed by atoms with van der Waals surface area (Å²) in [6.07, 6.45) is 0.886. The first-order chi connectivity index (χ1) is 16.4. The van der Waals surface area contributed by atoms with Gasteiger partial charge in [-0.3, -0.25) is 19.5 Å². The molecule has 5 N–H and O–H groups in total. The standard InChI is InChI=1S/C23H21ClN6O4/c24-13-3-6-16-17(9-13)28-19-18(20(16)31)22(33)30(29-21(19)32)11-12-1-4-14(5-2-12)26-23(34)27-15-7-8-25-10-15/h1-6,9,15,25H,7-8,10-11H2,(H,28,31)(H,29,32)(H2,26,27,34). The fourth-order valence-electron chi connectivity index (χ4n) is 4.12. The highest BCUT2D eigenvalue weighted by molar-refractivity contribution is 6.31. The van der Waals surface area contributed by atoms with Crippen LogP contribution in [0.3, 0.4) is 0 Å². The number of fused-ring (bicyclic) bond motifs is 2. The molecule has 0 radical (unpaired) electrons. The molecule has 1 saturated heterocycles. The average Bonchev–Trinajstić information content (AvgIpc) is 3.31. The van der Waals surface area contributed by atoms with Crippen molar-refractivity contribution in [2.75, 3.05) is 18.4 Å². The van der Waals surface area contributed by atoms with Gasteiger partial charge < -0.3 is 20.9 Å². The molecule has 1 unspecified atom stereocenters. The van der Waals surface area contributed by atoms with Crippen molar-refractivity contribution in [3.8, 4) is 0 Å². The van der Waals surface area contributed by atoms with Gasteiger partial charge in [-0.25, -0.2) is 9.48 Å². The lowest BCUT2D eigenvalue weighted by Gasteiger charge is -2.13. The number of nitrogens with one attached hydrogen (secondary N) is 5. The number of aromatic amines is 2. The first-order valence-corrected chi connectivity index (χ1v) is 11.1. The Kier molecular flexibility index (Phi) is 5.68. The first-order valence-electron chi connectivity index (χ1n) is 10.7. The van der Waals surface area contributed by atoms with Gasteiger partial charge in [0.25, 0.3) is 11.1 Å². The molecule has 10 nitrogen and oxygen atoms in total. The van der Waals surface area contributed by atoms with Crippen LogP contribution in [0.25, 0.3) is 21.8 Å². The number of H-pyrrole nitrogens is 2. The van der Waals surface area contributed by atoms with Crippen LogP contribution in [0, 0.1) is 0 Å². The Labute approximate surface area is 196 Å². The minimum absolute atomic E-state index is 0.0440. The van der Waals surface area contributed by atoms with Crippen molar-refractivity contribution >= 4 is 45.1 Å². The Morgan fingerprint density at radius 3 is 2.65 bits per heavy atom. The fourth-order valence-corrected chi connectivity index (χ4v) is 4.29. The number of carbonyl (C=O) groups is 1. The number of pyridine rings is 1. The highest BCUT2D eigenvalue weighted by Gasteiger charge is 2.17. The molecular weight excluding hydrogens is 460 g/mol. The van der Waals surface area contributed by atoms with Gasteiger partial charge in [-0.2, -0.15) is 0 Å². The van der Waals surface area contributed by atoms with Crippen molar-refractivity contribution in [3.05, 3.63) is 84.0 Å². The van der Waals surface area contributed by atoms with E-state index in [0.717, 1.165) is 24.2 Å². The molecule has 11 heteroatoms. The van der Waals surface area contributed by atoms with Crippen LogP contribution in [0.5, 0.6) is 0 Å². The minimum atomic E-state index is -0.612. The van der Waals surface area contributed by atoms with Gasteiger partial charge >= 0.3 is 6.03 Å². The van der Waals surface area contributed by atoms with Crippen LogP contribution in [0.1, 0.15) is 12.0 Å². The summed E-state index contributed by atoms with van der Waals surface area (Å²) in [7, 11) is 0. The summed E-state index contributed by atoms with van der Waals surface area (Å²) in [4.78, 5) is 53.7. The zero-order valence-electron chi connectivity index (χ0n) is 17.9. The molecule has 5 rings (SSSR count). The van der Waals surface area contributed by atoms with E-state index in [4.69, 9.17) is 11.6 Å². The highest BCUT2D eigenvalue weighted by atomic mass is 35.5. The number of nitrogens with zero attached hydrogens (tertiary/aromatic N) is 1. The second kappa shape index (κ2) is 8.81. The normalized spacial score (nSPS) is 15.6. The molecule has 0 aliphatic carbocycles. The van der Waals surface area contributed by atoms with E-state index in [1.807, 2.05) is 0 Å². The summed E-state index contributed by atoms with van der Waals surface area (Å²) in [5, 5.41) is 11.8. The summed E-state index contributed by atoms with van der Waals surface area (Å²) >= 11 is 5.98. The van der Waals surface area contributed by atoms with Crippen LogP contribution in [0.2, 0.25) is 5.02 Å². The van der Waals surface area contributed by atoms with Crippen molar-refractivity contribution in [2.45, 2.75) is 19.0 Å². The quantitative estimate of drug-likeness (QED) is 0.283. The highest BCUT2D eigenvalue weighted by Crippen LogP contribution is 2.16. The van der Waals surface area contributed by atoms with E-state index in [1.54, 1.807) is 30.3 Å². The molecule has 0 saturated carbocycles. The SMILES string of the molecule is O=C(Nc1ccc(Cn2[nH]c(=O)c3[nH]c4cc(Cl)ccc4c(=O)c3c2=O)cc1)NC1CCNC1. The molecule has 1 aliphatic rings. The number of urea groups is 1. The van der Waals surface area contributed by atoms with E-state index < -0.39 is 16.5 Å². The number of benzene rings is 2. The van der Waals surface area contributed by atoms with E-state index in [-0.39, 0.29) is 34.9 Å². The molecule has 1 atom stereocenters. The number of carbonyl (C=O) groups excluding carboxylic acids is 1. The maximum atomic E-state index is 13.1. The Morgan fingerprint density at radius 1 is 1.12 bits per heavy atom. The Balaban J connectivity index is 1.41. The van der Waals surface area contributed by atoms with Gasteiger partial charge in [0.15, 0.2) is 0 Å². The summed E-state index contributed by atoms with van der Waals surface area (Å²) in [6.45, 7) is 1.67. The van der Waals surface area contributed by atoms with Gasteiger partial charge in [-0.1, -0.05) is 23.7 Å². The molecule has 174 valence electrons. The zero-order chi connectivity index (χ0) is 23.8. The maximum Gasteiger partial charge on any atom is 0.319 e. The molecule has 2 amide bonds. The van der Waals surface area contributed by atoms with E-state index >= 15 is 0 Å². The first kappa shape index (κ1) is 21.9. The molecule has 0 bridgehead atoms. The van der Waals surface area contributed by atoms with Gasteiger partial charge in [0, 0.05) is 28.7 Å². The van der Waals surface area contributed by atoms with Gasteiger partial charge in [-0.05, 0) is 48.9 Å². The number of aromatic nitrogens is 3. The summed E-state index contributed by atoms with van der Waals surface area (Å²) < 4.78 is 1.10. The Hall–Kier alpha value is -3.89. The number of hydrogen-bond acceptors (Lipinski definition) is 5. The van der Waals surface area contributed by atoms with Gasteiger partial charge in [0.05, 0.1) is 12.1 Å². The largest absolute Gasteiger partial charge is 0.350 e. The fraction of sp³-hybridized carbons (Fsp3) is 0.217. The van der Waals surface area contributed by atoms with Crippen molar-refractivity contribution in [3.63, 3.8) is 0 Å². The van der Waals surface area contributed by atoms with Gasteiger partial charge in [0.1, 0.15) is 10.9 Å². The van der Waals surface area contributed by atoms with Gasteiger partial charge in [0.2, 0.25) is 5.43 Å². The molecule has 2 aromatic carbocycles. The average molecular weight is 481 g/mol. The van der Waals surface area contributed by atoms with Crippen molar-refractivity contribution in [2.24, 2.45) is 0 Å². The van der Waals surface area contributed by atoms with Gasteiger partial charge in [-0.15, -0.1) is 0 Å². The lowest BCUT2D eigenvalue weighted by atomic mass is 10.1. The molecular formula is C23H21ClN6O4. The molecule has 4 aromatic rings.